The summed E-state index contributed by atoms with van der Waals surface area (Å²) < 4.78 is 27.9. The van der Waals surface area contributed by atoms with E-state index < -0.39 is 7.60 Å². The van der Waals surface area contributed by atoms with Gasteiger partial charge in [0, 0.05) is 6.42 Å². The van der Waals surface area contributed by atoms with Gasteiger partial charge >= 0.3 is 13.6 Å². The summed E-state index contributed by atoms with van der Waals surface area (Å²) in [5, 5.41) is 0. The standard InChI is InChI=1S/C12H25O5P/c1-6-15-12(13)8-7-9-18(14,16-10(2)3)17-11(4)5/h10-11H,6-9H2,1-5H3. The van der Waals surface area contributed by atoms with Crippen LogP contribution in [0.5, 0.6) is 0 Å². The Morgan fingerprint density at radius 2 is 1.61 bits per heavy atom. The first kappa shape index (κ1) is 17.6. The molecule has 0 unspecified atom stereocenters. The molecule has 0 atom stereocenters. The molecule has 108 valence electrons. The summed E-state index contributed by atoms with van der Waals surface area (Å²) in [6.45, 7) is 9.35. The zero-order chi connectivity index (χ0) is 14.2. The number of carbonyl (C=O) groups excluding carboxylic acids is 1. The zero-order valence-electron chi connectivity index (χ0n) is 12.0. The second-order valence-corrected chi connectivity index (χ2v) is 6.64. The lowest BCUT2D eigenvalue weighted by Gasteiger charge is -2.22. The third-order valence-electron chi connectivity index (χ3n) is 1.86. The van der Waals surface area contributed by atoms with Crippen LogP contribution in [0.3, 0.4) is 0 Å². The molecule has 0 bridgehead atoms. The van der Waals surface area contributed by atoms with Crippen LogP contribution >= 0.6 is 7.60 Å². The van der Waals surface area contributed by atoms with Crippen molar-refractivity contribution in [2.24, 2.45) is 0 Å². The van der Waals surface area contributed by atoms with Crippen molar-refractivity contribution < 1.29 is 23.1 Å². The summed E-state index contributed by atoms with van der Waals surface area (Å²) in [6.07, 6.45) is 0.577. The molecule has 0 aromatic rings. The minimum Gasteiger partial charge on any atom is -0.466 e. The van der Waals surface area contributed by atoms with Crippen molar-refractivity contribution in [1.29, 1.82) is 0 Å². The van der Waals surface area contributed by atoms with Crippen LogP contribution in [0.15, 0.2) is 0 Å². The van der Waals surface area contributed by atoms with Gasteiger partial charge in [0.1, 0.15) is 0 Å². The highest BCUT2D eigenvalue weighted by atomic mass is 31.2. The van der Waals surface area contributed by atoms with E-state index in [4.69, 9.17) is 13.8 Å². The first-order valence-corrected chi connectivity index (χ1v) is 8.13. The van der Waals surface area contributed by atoms with Crippen molar-refractivity contribution in [1.82, 2.24) is 0 Å². The average molecular weight is 280 g/mol. The first-order chi connectivity index (χ1) is 8.29. The van der Waals surface area contributed by atoms with Gasteiger partial charge in [0.2, 0.25) is 0 Å². The van der Waals surface area contributed by atoms with Crippen molar-refractivity contribution in [3.63, 3.8) is 0 Å². The lowest BCUT2D eigenvalue weighted by Crippen LogP contribution is -2.11. The molecule has 0 saturated heterocycles. The molecule has 0 spiro atoms. The SMILES string of the molecule is CCOC(=O)CCCP(=O)(OC(C)C)OC(C)C. The molecular formula is C12H25O5P. The Balaban J connectivity index is 4.25. The maximum Gasteiger partial charge on any atom is 0.331 e. The highest BCUT2D eigenvalue weighted by Crippen LogP contribution is 2.51. The molecule has 5 nitrogen and oxygen atoms in total. The van der Waals surface area contributed by atoms with Crippen LogP contribution in [0, 0.1) is 0 Å². The van der Waals surface area contributed by atoms with E-state index in [2.05, 4.69) is 0 Å². The number of hydrogen-bond donors (Lipinski definition) is 0. The van der Waals surface area contributed by atoms with Gasteiger partial charge in [-0.05, 0) is 41.0 Å². The summed E-state index contributed by atoms with van der Waals surface area (Å²) in [6, 6.07) is 0. The molecule has 18 heavy (non-hydrogen) atoms. The fourth-order valence-electron chi connectivity index (χ4n) is 1.42. The molecule has 6 heteroatoms. The number of hydrogen-bond acceptors (Lipinski definition) is 5. The van der Waals surface area contributed by atoms with Crippen molar-refractivity contribution in [2.75, 3.05) is 12.8 Å². The molecule has 0 aliphatic carbocycles. The maximum absolute atomic E-state index is 12.4. The van der Waals surface area contributed by atoms with Crippen LogP contribution in [0.1, 0.15) is 47.5 Å². The lowest BCUT2D eigenvalue weighted by atomic mass is 10.3. The quantitative estimate of drug-likeness (QED) is 0.478. The van der Waals surface area contributed by atoms with Crippen molar-refractivity contribution in [3.05, 3.63) is 0 Å². The molecule has 0 radical (unpaired) electrons. The number of esters is 1. The molecule has 0 amide bonds. The number of ether oxygens (including phenoxy) is 1. The van der Waals surface area contributed by atoms with E-state index >= 15 is 0 Å². The molecule has 0 rings (SSSR count). The smallest absolute Gasteiger partial charge is 0.331 e. The average Bonchev–Trinajstić information content (AvgIpc) is 2.14. The van der Waals surface area contributed by atoms with Crippen LogP contribution in [0.25, 0.3) is 0 Å². The van der Waals surface area contributed by atoms with Crippen LogP contribution < -0.4 is 0 Å². The van der Waals surface area contributed by atoms with E-state index in [1.54, 1.807) is 6.92 Å². The van der Waals surface area contributed by atoms with Gasteiger partial charge in [-0.1, -0.05) is 0 Å². The summed E-state index contributed by atoms with van der Waals surface area (Å²) in [5.74, 6) is -0.279. The molecule has 0 aliphatic rings. The highest BCUT2D eigenvalue weighted by molar-refractivity contribution is 7.53. The fourth-order valence-corrected chi connectivity index (χ4v) is 3.51. The normalized spacial score (nSPS) is 12.2. The Morgan fingerprint density at radius 3 is 2.00 bits per heavy atom. The van der Waals surface area contributed by atoms with Crippen molar-refractivity contribution in [2.45, 2.75) is 59.7 Å². The molecular weight excluding hydrogens is 255 g/mol. The molecule has 0 saturated carbocycles. The minimum absolute atomic E-state index is 0.169. The van der Waals surface area contributed by atoms with Gasteiger partial charge in [-0.15, -0.1) is 0 Å². The van der Waals surface area contributed by atoms with E-state index in [9.17, 15) is 9.36 Å². The number of carbonyl (C=O) groups is 1. The largest absolute Gasteiger partial charge is 0.466 e. The van der Waals surface area contributed by atoms with Gasteiger partial charge in [-0.25, -0.2) is 0 Å². The van der Waals surface area contributed by atoms with Gasteiger partial charge in [0.15, 0.2) is 0 Å². The second kappa shape index (κ2) is 8.68. The monoisotopic (exact) mass is 280 g/mol. The summed E-state index contributed by atoms with van der Waals surface area (Å²) in [4.78, 5) is 11.2. The Bertz CT molecular complexity index is 274. The predicted octanol–water partition coefficient (Wildman–Crippen LogP) is 3.37. The summed E-state index contributed by atoms with van der Waals surface area (Å²) in [7, 11) is -3.11. The Hall–Kier alpha value is -0.380. The van der Waals surface area contributed by atoms with Crippen LogP contribution in [-0.2, 0) is 23.1 Å². The van der Waals surface area contributed by atoms with Crippen LogP contribution in [-0.4, -0.2) is 30.9 Å². The van der Waals surface area contributed by atoms with E-state index in [1.165, 1.54) is 0 Å². The maximum atomic E-state index is 12.4. The Kier molecular flexibility index (Phi) is 8.49. The second-order valence-electron chi connectivity index (χ2n) is 4.55. The zero-order valence-corrected chi connectivity index (χ0v) is 12.9. The lowest BCUT2D eigenvalue weighted by molar-refractivity contribution is -0.143. The van der Waals surface area contributed by atoms with Crippen LogP contribution in [0.2, 0.25) is 0 Å². The van der Waals surface area contributed by atoms with Gasteiger partial charge in [0.05, 0.1) is 25.0 Å². The number of rotatable bonds is 9. The van der Waals surface area contributed by atoms with Crippen molar-refractivity contribution >= 4 is 13.6 Å². The molecule has 0 N–H and O–H groups in total. The Morgan fingerprint density at radius 1 is 1.11 bits per heavy atom. The van der Waals surface area contributed by atoms with Gasteiger partial charge < -0.3 is 13.8 Å². The van der Waals surface area contributed by atoms with E-state index in [0.29, 0.717) is 13.0 Å². The molecule has 0 heterocycles. The van der Waals surface area contributed by atoms with E-state index in [0.717, 1.165) is 0 Å². The third kappa shape index (κ3) is 8.67. The van der Waals surface area contributed by atoms with Crippen molar-refractivity contribution in [3.8, 4) is 0 Å². The summed E-state index contributed by atoms with van der Waals surface area (Å²) in [5.41, 5.74) is 0. The predicted molar refractivity (Wildman–Crippen MR) is 70.8 cm³/mol. The highest BCUT2D eigenvalue weighted by Gasteiger charge is 2.27. The Labute approximate surface area is 110 Å². The minimum atomic E-state index is -3.11. The third-order valence-corrected chi connectivity index (χ3v) is 4.21. The fraction of sp³-hybridized carbons (Fsp3) is 0.917. The molecule has 0 aromatic carbocycles. The van der Waals surface area contributed by atoms with Gasteiger partial charge in [-0.2, -0.15) is 0 Å². The first-order valence-electron chi connectivity index (χ1n) is 6.40. The summed E-state index contributed by atoms with van der Waals surface area (Å²) >= 11 is 0. The molecule has 0 aromatic heterocycles. The van der Waals surface area contributed by atoms with Gasteiger partial charge in [-0.3, -0.25) is 9.36 Å². The van der Waals surface area contributed by atoms with E-state index in [1.807, 2.05) is 27.7 Å². The topological polar surface area (TPSA) is 61.8 Å². The van der Waals surface area contributed by atoms with Crippen LogP contribution in [0.4, 0.5) is 0 Å². The molecule has 0 aliphatic heterocycles. The molecule has 0 fully saturated rings. The van der Waals surface area contributed by atoms with E-state index in [-0.39, 0.29) is 30.8 Å². The van der Waals surface area contributed by atoms with Gasteiger partial charge in [0.25, 0.3) is 0 Å².